The quantitative estimate of drug-likeness (QED) is 0.872. The van der Waals surface area contributed by atoms with Gasteiger partial charge in [0.15, 0.2) is 0 Å². The monoisotopic (exact) mass is 265 g/mol. The lowest BCUT2D eigenvalue weighted by Gasteiger charge is -2.22. The molecular weight excluding hydrogens is 246 g/mol. The summed E-state index contributed by atoms with van der Waals surface area (Å²) in [7, 11) is 0. The van der Waals surface area contributed by atoms with Gasteiger partial charge in [0, 0.05) is 12.2 Å². The summed E-state index contributed by atoms with van der Waals surface area (Å²) in [4.78, 5) is 15.9. The van der Waals surface area contributed by atoms with E-state index in [9.17, 15) is 4.79 Å². The number of rotatable bonds is 4. The lowest BCUT2D eigenvalue weighted by Crippen LogP contribution is -2.38. The van der Waals surface area contributed by atoms with Gasteiger partial charge in [-0.15, -0.1) is 0 Å². The van der Waals surface area contributed by atoms with E-state index in [1.54, 1.807) is 6.20 Å². The summed E-state index contributed by atoms with van der Waals surface area (Å²) in [6, 6.07) is 4.25. The molecule has 1 aliphatic heterocycles. The van der Waals surface area contributed by atoms with Gasteiger partial charge < -0.3 is 10.6 Å². The minimum Gasteiger partial charge on any atom is -0.310 e. The summed E-state index contributed by atoms with van der Waals surface area (Å²) in [6.45, 7) is 2.34. The number of aromatic nitrogens is 1. The largest absolute Gasteiger partial charge is 0.310 e. The number of pyridine rings is 1. The van der Waals surface area contributed by atoms with Gasteiger partial charge in [-0.05, 0) is 42.9 Å². The fourth-order valence-electron chi connectivity index (χ4n) is 1.87. The second-order valence-corrected chi connectivity index (χ2v) is 5.76. The summed E-state index contributed by atoms with van der Waals surface area (Å²) >= 11 is 1.99. The second-order valence-electron chi connectivity index (χ2n) is 4.54. The first-order valence-electron chi connectivity index (χ1n) is 6.27. The molecular formula is C13H19N3OS. The van der Waals surface area contributed by atoms with Crippen LogP contribution < -0.4 is 10.6 Å². The molecule has 0 atom stereocenters. The van der Waals surface area contributed by atoms with E-state index in [1.165, 1.54) is 11.5 Å². The molecule has 1 aliphatic rings. The molecule has 1 fully saturated rings. The highest BCUT2D eigenvalue weighted by Gasteiger charge is 2.14. The van der Waals surface area contributed by atoms with Crippen LogP contribution in [0.15, 0.2) is 18.3 Å². The van der Waals surface area contributed by atoms with Crippen LogP contribution in [0.1, 0.15) is 18.4 Å². The number of carbonyl (C=O) groups is 1. The first kappa shape index (κ1) is 13.4. The number of nitrogens with zero attached hydrogens (tertiary/aromatic N) is 1. The van der Waals surface area contributed by atoms with E-state index in [0.29, 0.717) is 18.4 Å². The predicted octanol–water partition coefficient (Wildman–Crippen LogP) is 1.81. The van der Waals surface area contributed by atoms with Gasteiger partial charge in [0.25, 0.3) is 0 Å². The van der Waals surface area contributed by atoms with Crippen molar-refractivity contribution >= 4 is 23.5 Å². The van der Waals surface area contributed by atoms with E-state index in [0.717, 1.165) is 18.4 Å². The highest BCUT2D eigenvalue weighted by molar-refractivity contribution is 7.99. The van der Waals surface area contributed by atoms with E-state index in [1.807, 2.05) is 30.8 Å². The van der Waals surface area contributed by atoms with Gasteiger partial charge in [-0.1, -0.05) is 6.07 Å². The van der Waals surface area contributed by atoms with Gasteiger partial charge in [0.2, 0.25) is 5.91 Å². The first-order chi connectivity index (χ1) is 8.74. The van der Waals surface area contributed by atoms with E-state index in [2.05, 4.69) is 15.6 Å². The highest BCUT2D eigenvalue weighted by atomic mass is 32.2. The van der Waals surface area contributed by atoms with Gasteiger partial charge >= 0.3 is 0 Å². The van der Waals surface area contributed by atoms with Crippen LogP contribution in [-0.2, 0) is 4.79 Å². The molecule has 5 heteroatoms. The van der Waals surface area contributed by atoms with Crippen molar-refractivity contribution in [2.45, 2.75) is 25.8 Å². The molecule has 0 spiro atoms. The second kappa shape index (κ2) is 6.75. The highest BCUT2D eigenvalue weighted by Crippen LogP contribution is 2.16. The molecule has 0 aromatic carbocycles. The van der Waals surface area contributed by atoms with Crippen molar-refractivity contribution in [3.05, 3.63) is 23.9 Å². The Morgan fingerprint density at radius 3 is 2.89 bits per heavy atom. The maximum absolute atomic E-state index is 11.7. The van der Waals surface area contributed by atoms with Crippen molar-refractivity contribution < 1.29 is 4.79 Å². The summed E-state index contributed by atoms with van der Waals surface area (Å²) in [5.74, 6) is 2.98. The van der Waals surface area contributed by atoms with Gasteiger partial charge in [-0.2, -0.15) is 11.8 Å². The molecule has 1 amide bonds. The molecule has 98 valence electrons. The molecule has 2 rings (SSSR count). The zero-order valence-electron chi connectivity index (χ0n) is 10.6. The summed E-state index contributed by atoms with van der Waals surface area (Å²) in [6.07, 6.45) is 4.06. The normalized spacial score (nSPS) is 16.5. The van der Waals surface area contributed by atoms with Gasteiger partial charge in [0.05, 0.1) is 6.54 Å². The maximum Gasteiger partial charge on any atom is 0.239 e. The zero-order valence-corrected chi connectivity index (χ0v) is 11.4. The maximum atomic E-state index is 11.7. The van der Waals surface area contributed by atoms with Gasteiger partial charge in [-0.3, -0.25) is 4.79 Å². The number of carbonyl (C=O) groups excluding carboxylic acids is 1. The molecule has 0 radical (unpaired) electrons. The number of thioether (sulfide) groups is 1. The van der Waals surface area contributed by atoms with Crippen molar-refractivity contribution in [3.63, 3.8) is 0 Å². The van der Waals surface area contributed by atoms with Crippen LogP contribution in [0.4, 0.5) is 5.82 Å². The van der Waals surface area contributed by atoms with Crippen LogP contribution in [0.3, 0.4) is 0 Å². The van der Waals surface area contributed by atoms with Crippen LogP contribution in [-0.4, -0.2) is 35.0 Å². The molecule has 2 N–H and O–H groups in total. The Bertz CT molecular complexity index is 388. The Morgan fingerprint density at radius 2 is 2.22 bits per heavy atom. The van der Waals surface area contributed by atoms with Crippen molar-refractivity contribution in [3.8, 4) is 0 Å². The van der Waals surface area contributed by atoms with E-state index in [4.69, 9.17) is 0 Å². The van der Waals surface area contributed by atoms with Gasteiger partial charge in [0.1, 0.15) is 5.82 Å². The average molecular weight is 265 g/mol. The SMILES string of the molecule is Cc1ccc(NC(=O)CNC2CCSCC2)nc1. The molecule has 1 aromatic rings. The molecule has 0 saturated carbocycles. The number of aryl methyl sites for hydroxylation is 1. The molecule has 2 heterocycles. The lowest BCUT2D eigenvalue weighted by atomic mass is 10.1. The number of hydrogen-bond acceptors (Lipinski definition) is 4. The van der Waals surface area contributed by atoms with E-state index < -0.39 is 0 Å². The minimum absolute atomic E-state index is 0.0235. The topological polar surface area (TPSA) is 54.0 Å². The summed E-state index contributed by atoms with van der Waals surface area (Å²) < 4.78 is 0. The van der Waals surface area contributed by atoms with Gasteiger partial charge in [-0.25, -0.2) is 4.98 Å². The Morgan fingerprint density at radius 1 is 1.44 bits per heavy atom. The third kappa shape index (κ3) is 4.31. The third-order valence-corrected chi connectivity index (χ3v) is 4.00. The van der Waals surface area contributed by atoms with E-state index >= 15 is 0 Å². The minimum atomic E-state index is -0.0235. The molecule has 0 bridgehead atoms. The standard InChI is InChI=1S/C13H19N3OS/c1-10-2-3-12(15-8-10)16-13(17)9-14-11-4-6-18-7-5-11/h2-3,8,11,14H,4-7,9H2,1H3,(H,15,16,17). The molecule has 1 saturated heterocycles. The first-order valence-corrected chi connectivity index (χ1v) is 7.43. The third-order valence-electron chi connectivity index (χ3n) is 2.95. The Balaban J connectivity index is 1.73. The van der Waals surface area contributed by atoms with Crippen molar-refractivity contribution in [2.75, 3.05) is 23.4 Å². The number of nitrogens with one attached hydrogen (secondary N) is 2. The van der Waals surface area contributed by atoms with Crippen molar-refractivity contribution in [1.29, 1.82) is 0 Å². The molecule has 18 heavy (non-hydrogen) atoms. The van der Waals surface area contributed by atoms with Crippen LogP contribution in [0, 0.1) is 6.92 Å². The van der Waals surface area contributed by atoms with Crippen molar-refractivity contribution in [1.82, 2.24) is 10.3 Å². The number of amides is 1. The fraction of sp³-hybridized carbons (Fsp3) is 0.538. The van der Waals surface area contributed by atoms with Crippen LogP contribution in [0.2, 0.25) is 0 Å². The van der Waals surface area contributed by atoms with Crippen molar-refractivity contribution in [2.24, 2.45) is 0 Å². The smallest absolute Gasteiger partial charge is 0.239 e. The van der Waals surface area contributed by atoms with Crippen LogP contribution >= 0.6 is 11.8 Å². The Labute approximate surface area is 112 Å². The zero-order chi connectivity index (χ0) is 12.8. The Hall–Kier alpha value is -1.07. The molecule has 1 aromatic heterocycles. The average Bonchev–Trinajstić information content (AvgIpc) is 2.40. The number of anilines is 1. The molecule has 0 unspecified atom stereocenters. The van der Waals surface area contributed by atoms with Crippen LogP contribution in [0.5, 0.6) is 0 Å². The predicted molar refractivity (Wildman–Crippen MR) is 76.0 cm³/mol. The number of hydrogen-bond donors (Lipinski definition) is 2. The lowest BCUT2D eigenvalue weighted by molar-refractivity contribution is -0.115. The molecule has 4 nitrogen and oxygen atoms in total. The van der Waals surface area contributed by atoms with E-state index in [-0.39, 0.29) is 5.91 Å². The Kier molecular flexibility index (Phi) is 5.01. The summed E-state index contributed by atoms with van der Waals surface area (Å²) in [5, 5.41) is 6.09. The van der Waals surface area contributed by atoms with Crippen LogP contribution in [0.25, 0.3) is 0 Å². The summed E-state index contributed by atoms with van der Waals surface area (Å²) in [5.41, 5.74) is 1.09. The fourth-order valence-corrected chi connectivity index (χ4v) is 2.97. The molecule has 0 aliphatic carbocycles.